The maximum absolute atomic E-state index is 14.1. The lowest BCUT2D eigenvalue weighted by Gasteiger charge is -2.24. The Kier molecular flexibility index (Phi) is 9.49. The summed E-state index contributed by atoms with van der Waals surface area (Å²) in [7, 11) is 0. The lowest BCUT2D eigenvalue weighted by Crippen LogP contribution is -2.39. The van der Waals surface area contributed by atoms with Crippen LogP contribution in [0.25, 0.3) is 6.08 Å². The summed E-state index contributed by atoms with van der Waals surface area (Å²) >= 11 is 11.1. The van der Waals surface area contributed by atoms with Gasteiger partial charge >= 0.3 is 5.97 Å². The zero-order valence-corrected chi connectivity index (χ0v) is 26.7. The fourth-order valence-electron chi connectivity index (χ4n) is 4.74. The van der Waals surface area contributed by atoms with E-state index in [9.17, 15) is 14.0 Å². The fraction of sp³-hybridized carbons (Fsp3) is 0.219. The van der Waals surface area contributed by atoms with Crippen molar-refractivity contribution in [3.63, 3.8) is 0 Å². The molecule has 0 fully saturated rings. The summed E-state index contributed by atoms with van der Waals surface area (Å²) < 4.78 is 32.9. The minimum atomic E-state index is -0.756. The summed E-state index contributed by atoms with van der Waals surface area (Å²) in [6, 6.07) is 15.9. The summed E-state index contributed by atoms with van der Waals surface area (Å²) in [5.41, 5.74) is 2.47. The molecule has 0 saturated heterocycles. The predicted octanol–water partition coefficient (Wildman–Crippen LogP) is 6.33. The van der Waals surface area contributed by atoms with E-state index in [0.29, 0.717) is 59.3 Å². The van der Waals surface area contributed by atoms with Crippen molar-refractivity contribution in [2.45, 2.75) is 33.4 Å². The highest BCUT2D eigenvalue weighted by atomic mass is 79.9. The summed E-state index contributed by atoms with van der Waals surface area (Å²) in [5, 5.41) is 0.438. The zero-order chi connectivity index (χ0) is 30.7. The van der Waals surface area contributed by atoms with Crippen LogP contribution in [0.2, 0.25) is 5.02 Å². The number of thiazole rings is 1. The molecule has 0 radical (unpaired) electrons. The van der Waals surface area contributed by atoms with Crippen LogP contribution in [0.1, 0.15) is 43.5 Å². The van der Waals surface area contributed by atoms with E-state index in [-0.39, 0.29) is 24.6 Å². The van der Waals surface area contributed by atoms with E-state index in [0.717, 1.165) is 5.56 Å². The standard InChI is InChI=1S/C32H27BrClFN2O5S/c1-4-40-24-12-8-20(9-13-24)28-27(31(39)41-5-2)18(3)36-32-37(28)30(38)26(43-32)15-21-14-22(34)16-25(33)29(21)42-17-19-6-10-23(35)11-7-19/h6-16,28H,4-5,17H2,1-3H3/b26-15-/t28-/m0/s1. The first kappa shape index (κ1) is 30.7. The molecule has 222 valence electrons. The predicted molar refractivity (Wildman–Crippen MR) is 168 cm³/mol. The number of allylic oxidation sites excluding steroid dienone is 1. The number of nitrogens with zero attached hydrogens (tertiary/aromatic N) is 2. The third-order valence-corrected chi connectivity index (χ3v) is 8.43. The Labute approximate surface area is 264 Å². The van der Waals surface area contributed by atoms with E-state index in [1.807, 2.05) is 19.1 Å². The van der Waals surface area contributed by atoms with E-state index in [1.165, 1.54) is 28.0 Å². The molecule has 1 aromatic heterocycles. The number of hydrogen-bond donors (Lipinski definition) is 0. The monoisotopic (exact) mass is 684 g/mol. The highest BCUT2D eigenvalue weighted by molar-refractivity contribution is 9.10. The first-order chi connectivity index (χ1) is 20.7. The number of rotatable bonds is 9. The Morgan fingerprint density at radius 1 is 1.09 bits per heavy atom. The Balaban J connectivity index is 1.63. The maximum atomic E-state index is 14.1. The molecule has 1 aliphatic heterocycles. The van der Waals surface area contributed by atoms with Crippen molar-refractivity contribution in [3.05, 3.63) is 124 Å². The summed E-state index contributed by atoms with van der Waals surface area (Å²) in [6.45, 7) is 6.22. The first-order valence-corrected chi connectivity index (χ1v) is 15.5. The van der Waals surface area contributed by atoms with Crippen LogP contribution in [0.15, 0.2) is 86.2 Å². The van der Waals surface area contributed by atoms with Crippen molar-refractivity contribution in [2.24, 2.45) is 4.99 Å². The fourth-order valence-corrected chi connectivity index (χ4v) is 6.72. The Morgan fingerprint density at radius 2 is 1.81 bits per heavy atom. The number of fused-ring (bicyclic) bond motifs is 1. The van der Waals surface area contributed by atoms with Gasteiger partial charge in [-0.3, -0.25) is 9.36 Å². The third-order valence-electron chi connectivity index (χ3n) is 6.64. The smallest absolute Gasteiger partial charge is 0.338 e. The molecule has 5 rings (SSSR count). The van der Waals surface area contributed by atoms with Crippen LogP contribution in [0.4, 0.5) is 4.39 Å². The topological polar surface area (TPSA) is 79.1 Å². The molecule has 0 amide bonds. The molecule has 1 atom stereocenters. The number of halogens is 3. The molecule has 7 nitrogen and oxygen atoms in total. The second-order valence-electron chi connectivity index (χ2n) is 9.53. The molecule has 4 aromatic rings. The van der Waals surface area contributed by atoms with E-state index < -0.39 is 12.0 Å². The molecule has 0 saturated carbocycles. The lowest BCUT2D eigenvalue weighted by atomic mass is 9.96. The number of benzene rings is 3. The lowest BCUT2D eigenvalue weighted by molar-refractivity contribution is -0.139. The highest BCUT2D eigenvalue weighted by Crippen LogP contribution is 2.35. The normalized spacial score (nSPS) is 14.7. The van der Waals surface area contributed by atoms with E-state index >= 15 is 0 Å². The summed E-state index contributed by atoms with van der Waals surface area (Å²) in [6.07, 6.45) is 1.69. The largest absolute Gasteiger partial charge is 0.494 e. The van der Waals surface area contributed by atoms with Gasteiger partial charge < -0.3 is 14.2 Å². The summed E-state index contributed by atoms with van der Waals surface area (Å²) in [5.74, 6) is 0.271. The Hall–Kier alpha value is -3.73. The average Bonchev–Trinajstić information content (AvgIpc) is 3.27. The SMILES string of the molecule is CCOC(=O)C1=C(C)N=c2s/c(=C\c3cc(Cl)cc(Br)c3OCc3ccc(F)cc3)c(=O)n2[C@H]1c1ccc(OCC)cc1. The number of ether oxygens (including phenoxy) is 3. The molecule has 0 N–H and O–H groups in total. The Bertz CT molecular complexity index is 1880. The molecule has 11 heteroatoms. The van der Waals surface area contributed by atoms with Crippen molar-refractivity contribution >= 4 is 50.9 Å². The van der Waals surface area contributed by atoms with Crippen molar-refractivity contribution < 1.29 is 23.4 Å². The van der Waals surface area contributed by atoms with Gasteiger partial charge in [-0.25, -0.2) is 14.2 Å². The number of aromatic nitrogens is 1. The molecule has 0 unspecified atom stereocenters. The van der Waals surface area contributed by atoms with Gasteiger partial charge in [0.2, 0.25) is 0 Å². The molecular weight excluding hydrogens is 659 g/mol. The van der Waals surface area contributed by atoms with E-state index in [4.69, 9.17) is 25.8 Å². The number of carbonyl (C=O) groups excluding carboxylic acids is 1. The molecule has 0 bridgehead atoms. The molecule has 1 aliphatic rings. The van der Waals surface area contributed by atoms with Crippen LogP contribution >= 0.6 is 38.9 Å². The van der Waals surface area contributed by atoms with Gasteiger partial charge in [-0.15, -0.1) is 0 Å². The molecule has 0 aliphatic carbocycles. The van der Waals surface area contributed by atoms with Gasteiger partial charge in [0.15, 0.2) is 4.80 Å². The molecule has 3 aromatic carbocycles. The quantitative estimate of drug-likeness (QED) is 0.193. The number of hydrogen-bond acceptors (Lipinski definition) is 7. The maximum Gasteiger partial charge on any atom is 0.338 e. The van der Waals surface area contributed by atoms with Crippen LogP contribution in [0, 0.1) is 5.82 Å². The van der Waals surface area contributed by atoms with E-state index in [2.05, 4.69) is 20.9 Å². The van der Waals surface area contributed by atoms with Crippen LogP contribution in [0.5, 0.6) is 11.5 Å². The molecular formula is C32H27BrClFN2O5S. The van der Waals surface area contributed by atoms with Gasteiger partial charge in [-0.1, -0.05) is 47.2 Å². The molecule has 43 heavy (non-hydrogen) atoms. The van der Waals surface area contributed by atoms with Gasteiger partial charge in [-0.2, -0.15) is 0 Å². The van der Waals surface area contributed by atoms with Crippen molar-refractivity contribution in [2.75, 3.05) is 13.2 Å². The number of esters is 1. The average molecular weight is 686 g/mol. The minimum absolute atomic E-state index is 0.169. The van der Waals surface area contributed by atoms with Gasteiger partial charge in [0.25, 0.3) is 5.56 Å². The third kappa shape index (κ3) is 6.61. The van der Waals surface area contributed by atoms with Crippen LogP contribution in [-0.4, -0.2) is 23.8 Å². The minimum Gasteiger partial charge on any atom is -0.494 e. The zero-order valence-electron chi connectivity index (χ0n) is 23.5. The van der Waals surface area contributed by atoms with Gasteiger partial charge in [-0.05, 0) is 90.3 Å². The highest BCUT2D eigenvalue weighted by Gasteiger charge is 2.33. The second kappa shape index (κ2) is 13.3. The molecule has 0 spiro atoms. The van der Waals surface area contributed by atoms with Crippen molar-refractivity contribution in [1.82, 2.24) is 4.57 Å². The Morgan fingerprint density at radius 3 is 2.49 bits per heavy atom. The van der Waals surface area contributed by atoms with Crippen molar-refractivity contribution in [1.29, 1.82) is 0 Å². The first-order valence-electron chi connectivity index (χ1n) is 13.5. The van der Waals surface area contributed by atoms with Crippen LogP contribution in [0.3, 0.4) is 0 Å². The van der Waals surface area contributed by atoms with Crippen LogP contribution in [-0.2, 0) is 16.1 Å². The van der Waals surface area contributed by atoms with E-state index in [1.54, 1.807) is 56.3 Å². The van der Waals surface area contributed by atoms with Crippen LogP contribution < -0.4 is 24.4 Å². The summed E-state index contributed by atoms with van der Waals surface area (Å²) in [4.78, 5) is 32.3. The van der Waals surface area contributed by atoms with Gasteiger partial charge in [0.1, 0.15) is 23.9 Å². The van der Waals surface area contributed by atoms with Crippen molar-refractivity contribution in [3.8, 4) is 11.5 Å². The van der Waals surface area contributed by atoms with Gasteiger partial charge in [0, 0.05) is 10.6 Å². The second-order valence-corrected chi connectivity index (χ2v) is 11.8. The number of carbonyl (C=O) groups is 1. The van der Waals surface area contributed by atoms with Gasteiger partial charge in [0.05, 0.1) is 39.5 Å². The molecule has 2 heterocycles.